The summed E-state index contributed by atoms with van der Waals surface area (Å²) in [6.07, 6.45) is 0.320. The van der Waals surface area contributed by atoms with Crippen LogP contribution in [0.25, 0.3) is 0 Å². The lowest BCUT2D eigenvalue weighted by Crippen LogP contribution is -2.37. The Bertz CT molecular complexity index is 909. The van der Waals surface area contributed by atoms with E-state index in [2.05, 4.69) is 5.32 Å². The zero-order chi connectivity index (χ0) is 17.5. The Morgan fingerprint density at radius 3 is 2.21 bits per heavy atom. The van der Waals surface area contributed by atoms with Gasteiger partial charge in [-0.05, 0) is 49.2 Å². The summed E-state index contributed by atoms with van der Waals surface area (Å²) in [4.78, 5) is 12.4. The molecular formula is C16H12ClF2NO3S. The summed E-state index contributed by atoms with van der Waals surface area (Å²) in [7, 11) is -3.92. The smallest absolute Gasteiger partial charge is 0.246 e. The van der Waals surface area contributed by atoms with Crippen LogP contribution in [0.4, 0.5) is 14.5 Å². The second kappa shape index (κ2) is 5.82. The first-order valence-corrected chi connectivity index (χ1v) is 8.89. The van der Waals surface area contributed by atoms with Gasteiger partial charge in [0.25, 0.3) is 0 Å². The van der Waals surface area contributed by atoms with Gasteiger partial charge in [0.05, 0.1) is 4.90 Å². The highest BCUT2D eigenvalue weighted by molar-refractivity contribution is 7.94. The van der Waals surface area contributed by atoms with Gasteiger partial charge in [-0.3, -0.25) is 4.79 Å². The van der Waals surface area contributed by atoms with Gasteiger partial charge < -0.3 is 5.32 Å². The minimum absolute atomic E-state index is 0.00326. The van der Waals surface area contributed by atoms with Crippen LogP contribution in [0, 0.1) is 11.6 Å². The van der Waals surface area contributed by atoms with E-state index >= 15 is 0 Å². The van der Waals surface area contributed by atoms with Crippen molar-refractivity contribution in [3.05, 3.63) is 59.1 Å². The quantitative estimate of drug-likeness (QED) is 0.893. The molecule has 0 heterocycles. The monoisotopic (exact) mass is 371 g/mol. The highest BCUT2D eigenvalue weighted by Crippen LogP contribution is 2.47. The largest absolute Gasteiger partial charge is 0.325 e. The highest BCUT2D eigenvalue weighted by Gasteiger charge is 2.61. The average molecular weight is 372 g/mol. The van der Waals surface area contributed by atoms with E-state index in [1.807, 2.05) is 0 Å². The van der Waals surface area contributed by atoms with Gasteiger partial charge in [0.2, 0.25) is 5.91 Å². The first kappa shape index (κ1) is 16.9. The molecule has 1 aliphatic carbocycles. The van der Waals surface area contributed by atoms with Crippen LogP contribution in [0.1, 0.15) is 12.8 Å². The maximum atomic E-state index is 13.2. The Hall–Kier alpha value is -1.99. The number of hydrogen-bond donors (Lipinski definition) is 1. The second-order valence-electron chi connectivity index (χ2n) is 5.53. The van der Waals surface area contributed by atoms with Crippen molar-refractivity contribution in [3.63, 3.8) is 0 Å². The van der Waals surface area contributed by atoms with Gasteiger partial charge in [0.15, 0.2) is 26.2 Å². The number of rotatable bonds is 4. The lowest BCUT2D eigenvalue weighted by atomic mass is 10.3. The molecule has 0 unspecified atom stereocenters. The average Bonchev–Trinajstić information content (AvgIpc) is 3.34. The Balaban J connectivity index is 1.88. The molecular weight excluding hydrogens is 360 g/mol. The third-order valence-corrected chi connectivity index (χ3v) is 6.70. The molecule has 4 nitrogen and oxygen atoms in total. The minimum Gasteiger partial charge on any atom is -0.325 e. The van der Waals surface area contributed by atoms with Crippen molar-refractivity contribution in [2.24, 2.45) is 0 Å². The molecule has 1 saturated carbocycles. The van der Waals surface area contributed by atoms with Gasteiger partial charge in [0.1, 0.15) is 0 Å². The van der Waals surface area contributed by atoms with Gasteiger partial charge in [0, 0.05) is 16.8 Å². The van der Waals surface area contributed by atoms with Crippen molar-refractivity contribution in [3.8, 4) is 0 Å². The Morgan fingerprint density at radius 2 is 1.67 bits per heavy atom. The number of carbonyl (C=O) groups is 1. The van der Waals surface area contributed by atoms with Crippen LogP contribution in [-0.4, -0.2) is 19.1 Å². The third kappa shape index (κ3) is 2.78. The lowest BCUT2D eigenvalue weighted by molar-refractivity contribution is -0.116. The summed E-state index contributed by atoms with van der Waals surface area (Å²) >= 11 is 5.75. The van der Waals surface area contributed by atoms with Crippen molar-refractivity contribution < 1.29 is 22.0 Å². The number of nitrogens with one attached hydrogen (secondary N) is 1. The number of hydrogen-bond acceptors (Lipinski definition) is 3. The fourth-order valence-corrected chi connectivity index (χ4v) is 4.40. The molecule has 2 aromatic carbocycles. The molecule has 0 radical (unpaired) electrons. The van der Waals surface area contributed by atoms with Gasteiger partial charge in [-0.15, -0.1) is 0 Å². The van der Waals surface area contributed by atoms with Crippen LogP contribution in [0.3, 0.4) is 0 Å². The number of carbonyl (C=O) groups excluding carboxylic acids is 1. The number of sulfone groups is 1. The molecule has 1 fully saturated rings. The Morgan fingerprint density at radius 1 is 1.04 bits per heavy atom. The van der Waals surface area contributed by atoms with Gasteiger partial charge >= 0.3 is 0 Å². The minimum atomic E-state index is -3.92. The molecule has 0 aliphatic heterocycles. The second-order valence-corrected chi connectivity index (χ2v) is 8.23. The maximum Gasteiger partial charge on any atom is 0.246 e. The van der Waals surface area contributed by atoms with Crippen molar-refractivity contribution in [2.45, 2.75) is 22.5 Å². The van der Waals surface area contributed by atoms with E-state index in [0.29, 0.717) is 5.02 Å². The summed E-state index contributed by atoms with van der Waals surface area (Å²) < 4.78 is 50.0. The van der Waals surface area contributed by atoms with Crippen LogP contribution in [0.5, 0.6) is 0 Å². The first-order chi connectivity index (χ1) is 11.3. The molecule has 2 aromatic rings. The van der Waals surface area contributed by atoms with Crippen molar-refractivity contribution in [2.75, 3.05) is 5.32 Å². The zero-order valence-electron chi connectivity index (χ0n) is 12.2. The number of amides is 1. The lowest BCUT2D eigenvalue weighted by Gasteiger charge is -2.16. The fourth-order valence-electron chi connectivity index (χ4n) is 2.39. The van der Waals surface area contributed by atoms with E-state index in [-0.39, 0.29) is 23.4 Å². The maximum absolute atomic E-state index is 13.2. The van der Waals surface area contributed by atoms with Crippen molar-refractivity contribution in [1.29, 1.82) is 0 Å². The van der Waals surface area contributed by atoms with Crippen molar-refractivity contribution >= 4 is 33.0 Å². The van der Waals surface area contributed by atoms with Crippen LogP contribution in [0.15, 0.2) is 47.4 Å². The molecule has 0 spiro atoms. The number of benzene rings is 2. The first-order valence-electron chi connectivity index (χ1n) is 7.03. The molecule has 0 bridgehead atoms. The van der Waals surface area contributed by atoms with E-state index in [9.17, 15) is 22.0 Å². The standard InChI is InChI=1S/C16H12ClF2NO3S/c17-10-1-4-12(5-2-10)24(22,23)16(7-8-16)15(21)20-11-3-6-13(18)14(19)9-11/h1-6,9H,7-8H2,(H,20,21). The molecule has 0 atom stereocenters. The normalized spacial score (nSPS) is 15.8. The van der Waals surface area contributed by atoms with Crippen LogP contribution < -0.4 is 5.32 Å². The van der Waals surface area contributed by atoms with E-state index < -0.39 is 32.1 Å². The van der Waals surface area contributed by atoms with E-state index in [0.717, 1.165) is 12.1 Å². The highest BCUT2D eigenvalue weighted by atomic mass is 35.5. The summed E-state index contributed by atoms with van der Waals surface area (Å²) in [5, 5.41) is 2.73. The fraction of sp³-hybridized carbons (Fsp3) is 0.188. The van der Waals surface area contributed by atoms with Crippen LogP contribution >= 0.6 is 11.6 Å². The van der Waals surface area contributed by atoms with Gasteiger partial charge in [-0.25, -0.2) is 17.2 Å². The molecule has 0 saturated heterocycles. The molecule has 126 valence electrons. The molecule has 1 aliphatic rings. The number of halogens is 3. The van der Waals surface area contributed by atoms with Crippen molar-refractivity contribution in [1.82, 2.24) is 0 Å². The Kier molecular flexibility index (Phi) is 4.09. The SMILES string of the molecule is O=C(Nc1ccc(F)c(F)c1)C1(S(=O)(=O)c2ccc(Cl)cc2)CC1. The topological polar surface area (TPSA) is 63.2 Å². The molecule has 0 aromatic heterocycles. The molecule has 8 heteroatoms. The molecule has 1 N–H and O–H groups in total. The van der Waals surface area contributed by atoms with Crippen LogP contribution in [0.2, 0.25) is 5.02 Å². The van der Waals surface area contributed by atoms with E-state index in [4.69, 9.17) is 11.6 Å². The predicted octanol–water partition coefficient (Wildman–Crippen LogP) is 3.56. The summed E-state index contributed by atoms with van der Waals surface area (Å²) in [6, 6.07) is 8.36. The predicted molar refractivity (Wildman–Crippen MR) is 85.6 cm³/mol. The number of anilines is 1. The summed E-state index contributed by atoms with van der Waals surface area (Å²) in [5.74, 6) is -2.94. The molecule has 24 heavy (non-hydrogen) atoms. The van der Waals surface area contributed by atoms with Gasteiger partial charge in [-0.2, -0.15) is 0 Å². The molecule has 3 rings (SSSR count). The summed E-state index contributed by atoms with van der Waals surface area (Å²) in [6.45, 7) is 0. The van der Waals surface area contributed by atoms with E-state index in [1.54, 1.807) is 0 Å². The Labute approximate surface area is 142 Å². The molecule has 1 amide bonds. The van der Waals surface area contributed by atoms with Gasteiger partial charge in [-0.1, -0.05) is 11.6 Å². The third-order valence-electron chi connectivity index (χ3n) is 3.93. The van der Waals surface area contributed by atoms with Crippen LogP contribution in [-0.2, 0) is 14.6 Å². The van der Waals surface area contributed by atoms with E-state index in [1.165, 1.54) is 30.3 Å². The zero-order valence-corrected chi connectivity index (χ0v) is 13.8. The summed E-state index contributed by atoms with van der Waals surface area (Å²) in [5.41, 5.74) is -0.00326.